The topological polar surface area (TPSA) is 41.9 Å². The lowest BCUT2D eigenvalue weighted by Gasteiger charge is -2.39. The molecule has 0 saturated carbocycles. The summed E-state index contributed by atoms with van der Waals surface area (Å²) in [5.74, 6) is 1.53. The summed E-state index contributed by atoms with van der Waals surface area (Å²) in [6, 6.07) is 4.02. The van der Waals surface area contributed by atoms with Crippen molar-refractivity contribution in [3.8, 4) is 11.5 Å². The maximum absolute atomic E-state index is 10.4. The van der Waals surface area contributed by atoms with Crippen LogP contribution in [-0.2, 0) is 6.54 Å². The standard InChI is InChI=1S/C15H23NO3/c1-15(2,17)12-9-16(3)8-10-6-13(18-4)14(19-5)7-11(10)12/h6-7,12,17H,8-9H2,1-5H3. The second kappa shape index (κ2) is 5.02. The zero-order valence-electron chi connectivity index (χ0n) is 12.4. The van der Waals surface area contributed by atoms with Crippen molar-refractivity contribution >= 4 is 0 Å². The van der Waals surface area contributed by atoms with Gasteiger partial charge in [0.25, 0.3) is 0 Å². The van der Waals surface area contributed by atoms with Gasteiger partial charge in [-0.2, -0.15) is 0 Å². The first-order valence-corrected chi connectivity index (χ1v) is 6.52. The normalized spacial score (nSPS) is 20.0. The molecule has 0 aromatic heterocycles. The summed E-state index contributed by atoms with van der Waals surface area (Å²) in [6.45, 7) is 5.42. The molecule has 0 amide bonds. The molecule has 0 fully saturated rings. The maximum atomic E-state index is 10.4. The highest BCUT2D eigenvalue weighted by Gasteiger charge is 2.35. The third-order valence-corrected chi connectivity index (χ3v) is 3.81. The van der Waals surface area contributed by atoms with Gasteiger partial charge in [-0.15, -0.1) is 0 Å². The highest BCUT2D eigenvalue weighted by molar-refractivity contribution is 5.50. The van der Waals surface area contributed by atoms with Crippen LogP contribution in [0.3, 0.4) is 0 Å². The second-order valence-electron chi connectivity index (χ2n) is 5.81. The van der Waals surface area contributed by atoms with Gasteiger partial charge >= 0.3 is 0 Å². The van der Waals surface area contributed by atoms with E-state index >= 15 is 0 Å². The lowest BCUT2D eigenvalue weighted by Crippen LogP contribution is -2.41. The molecule has 1 heterocycles. The number of hydrogen-bond acceptors (Lipinski definition) is 4. The van der Waals surface area contributed by atoms with E-state index in [4.69, 9.17) is 9.47 Å². The number of ether oxygens (including phenoxy) is 2. The molecule has 1 atom stereocenters. The number of benzene rings is 1. The van der Waals surface area contributed by atoms with Gasteiger partial charge < -0.3 is 19.5 Å². The van der Waals surface area contributed by atoms with Crippen LogP contribution in [0.4, 0.5) is 0 Å². The van der Waals surface area contributed by atoms with E-state index in [0.29, 0.717) is 0 Å². The van der Waals surface area contributed by atoms with E-state index < -0.39 is 5.60 Å². The molecule has 1 aromatic carbocycles. The minimum Gasteiger partial charge on any atom is -0.493 e. The van der Waals surface area contributed by atoms with Crippen LogP contribution < -0.4 is 9.47 Å². The number of nitrogens with zero attached hydrogens (tertiary/aromatic N) is 1. The van der Waals surface area contributed by atoms with Gasteiger partial charge in [0.05, 0.1) is 19.8 Å². The fourth-order valence-corrected chi connectivity index (χ4v) is 2.77. The molecule has 4 heteroatoms. The Morgan fingerprint density at radius 3 is 2.32 bits per heavy atom. The van der Waals surface area contributed by atoms with Gasteiger partial charge in [-0.05, 0) is 44.2 Å². The summed E-state index contributed by atoms with van der Waals surface area (Å²) in [4.78, 5) is 2.22. The fourth-order valence-electron chi connectivity index (χ4n) is 2.77. The number of likely N-dealkylation sites (N-methyl/N-ethyl adjacent to an activating group) is 1. The van der Waals surface area contributed by atoms with E-state index in [9.17, 15) is 5.11 Å². The lowest BCUT2D eigenvalue weighted by molar-refractivity contribution is 0.0313. The van der Waals surface area contributed by atoms with Crippen LogP contribution in [0.2, 0.25) is 0 Å². The van der Waals surface area contributed by atoms with Crippen LogP contribution in [0.5, 0.6) is 11.5 Å². The minimum atomic E-state index is -0.761. The zero-order chi connectivity index (χ0) is 14.2. The predicted octanol–water partition coefficient (Wildman–Crippen LogP) is 2.00. The van der Waals surface area contributed by atoms with Gasteiger partial charge in [0, 0.05) is 19.0 Å². The third-order valence-electron chi connectivity index (χ3n) is 3.81. The molecule has 0 saturated heterocycles. The number of aliphatic hydroxyl groups is 1. The van der Waals surface area contributed by atoms with E-state index in [-0.39, 0.29) is 5.92 Å². The van der Waals surface area contributed by atoms with Gasteiger partial charge in [0.1, 0.15) is 0 Å². The Morgan fingerprint density at radius 1 is 1.21 bits per heavy atom. The highest BCUT2D eigenvalue weighted by Crippen LogP contribution is 2.40. The van der Waals surface area contributed by atoms with Gasteiger partial charge in [0.2, 0.25) is 0 Å². The van der Waals surface area contributed by atoms with Gasteiger partial charge in [-0.3, -0.25) is 0 Å². The molecule has 1 aromatic rings. The van der Waals surface area contributed by atoms with Crippen LogP contribution in [0.1, 0.15) is 30.9 Å². The van der Waals surface area contributed by atoms with Crippen LogP contribution in [0.15, 0.2) is 12.1 Å². The summed E-state index contributed by atoms with van der Waals surface area (Å²) in [5.41, 5.74) is 1.59. The summed E-state index contributed by atoms with van der Waals surface area (Å²) < 4.78 is 10.7. The Kier molecular flexibility index (Phi) is 3.74. The maximum Gasteiger partial charge on any atom is 0.161 e. The minimum absolute atomic E-state index is 0.0704. The average molecular weight is 265 g/mol. The van der Waals surface area contributed by atoms with E-state index in [1.807, 2.05) is 26.0 Å². The van der Waals surface area contributed by atoms with Crippen molar-refractivity contribution in [3.05, 3.63) is 23.3 Å². The number of fused-ring (bicyclic) bond motifs is 1. The Hall–Kier alpha value is -1.26. The third kappa shape index (κ3) is 2.69. The van der Waals surface area contributed by atoms with Crippen LogP contribution >= 0.6 is 0 Å². The number of methoxy groups -OCH3 is 2. The Labute approximate surface area is 114 Å². The van der Waals surface area contributed by atoms with E-state index in [0.717, 1.165) is 30.2 Å². The van der Waals surface area contributed by atoms with Crippen molar-refractivity contribution in [2.24, 2.45) is 0 Å². The van der Waals surface area contributed by atoms with Gasteiger partial charge in [-0.25, -0.2) is 0 Å². The predicted molar refractivity (Wildman–Crippen MR) is 74.9 cm³/mol. The first-order chi connectivity index (χ1) is 8.86. The molecule has 19 heavy (non-hydrogen) atoms. The van der Waals surface area contributed by atoms with Crippen LogP contribution in [0, 0.1) is 0 Å². The van der Waals surface area contributed by atoms with Crippen molar-refractivity contribution in [2.75, 3.05) is 27.8 Å². The summed E-state index contributed by atoms with van der Waals surface area (Å²) >= 11 is 0. The molecule has 1 aliphatic heterocycles. The molecule has 1 unspecified atom stereocenters. The highest BCUT2D eigenvalue weighted by atomic mass is 16.5. The Balaban J connectivity index is 2.54. The summed E-state index contributed by atoms with van der Waals surface area (Å²) in [5, 5.41) is 10.4. The monoisotopic (exact) mass is 265 g/mol. The largest absolute Gasteiger partial charge is 0.493 e. The molecule has 106 valence electrons. The number of rotatable bonds is 3. The molecule has 1 aliphatic rings. The molecular weight excluding hydrogens is 242 g/mol. The molecule has 4 nitrogen and oxygen atoms in total. The number of hydrogen-bond donors (Lipinski definition) is 1. The molecule has 0 bridgehead atoms. The smallest absolute Gasteiger partial charge is 0.161 e. The molecule has 0 aliphatic carbocycles. The summed E-state index contributed by atoms with van der Waals surface area (Å²) in [6.07, 6.45) is 0. The van der Waals surface area contributed by atoms with Crippen molar-refractivity contribution in [2.45, 2.75) is 31.9 Å². The van der Waals surface area contributed by atoms with Crippen molar-refractivity contribution in [3.63, 3.8) is 0 Å². The van der Waals surface area contributed by atoms with E-state index in [2.05, 4.69) is 11.9 Å². The molecule has 2 rings (SSSR count). The molecular formula is C15H23NO3. The van der Waals surface area contributed by atoms with E-state index in [1.165, 1.54) is 5.56 Å². The van der Waals surface area contributed by atoms with Crippen LogP contribution in [-0.4, -0.2) is 43.4 Å². The van der Waals surface area contributed by atoms with Crippen LogP contribution in [0.25, 0.3) is 0 Å². The fraction of sp³-hybridized carbons (Fsp3) is 0.600. The van der Waals surface area contributed by atoms with Crippen molar-refractivity contribution in [1.29, 1.82) is 0 Å². The molecule has 0 spiro atoms. The van der Waals surface area contributed by atoms with Crippen molar-refractivity contribution < 1.29 is 14.6 Å². The zero-order valence-corrected chi connectivity index (χ0v) is 12.4. The molecule has 1 N–H and O–H groups in total. The quantitative estimate of drug-likeness (QED) is 0.907. The lowest BCUT2D eigenvalue weighted by atomic mass is 9.79. The Morgan fingerprint density at radius 2 is 1.79 bits per heavy atom. The summed E-state index contributed by atoms with van der Waals surface area (Å²) in [7, 11) is 5.35. The van der Waals surface area contributed by atoms with Crippen molar-refractivity contribution in [1.82, 2.24) is 4.90 Å². The van der Waals surface area contributed by atoms with E-state index in [1.54, 1.807) is 14.2 Å². The van der Waals surface area contributed by atoms with Gasteiger partial charge in [-0.1, -0.05) is 0 Å². The first-order valence-electron chi connectivity index (χ1n) is 6.52. The average Bonchev–Trinajstić information content (AvgIpc) is 2.34. The van der Waals surface area contributed by atoms with Gasteiger partial charge in [0.15, 0.2) is 11.5 Å². The second-order valence-corrected chi connectivity index (χ2v) is 5.81. The molecule has 0 radical (unpaired) electrons. The Bertz CT molecular complexity index is 465. The first kappa shape index (κ1) is 14.2. The SMILES string of the molecule is COc1cc2c(cc1OC)C(C(C)(C)O)CN(C)C2.